The first kappa shape index (κ1) is 24.0. The van der Waals surface area contributed by atoms with Gasteiger partial charge in [0.1, 0.15) is 5.75 Å². The Morgan fingerprint density at radius 1 is 1.19 bits per heavy atom. The summed E-state index contributed by atoms with van der Waals surface area (Å²) >= 11 is 2.66. The van der Waals surface area contributed by atoms with Gasteiger partial charge in [0.05, 0.1) is 23.2 Å². The molecule has 0 radical (unpaired) electrons. The highest BCUT2D eigenvalue weighted by molar-refractivity contribution is 7.99. The van der Waals surface area contributed by atoms with Crippen LogP contribution in [0.2, 0.25) is 0 Å². The van der Waals surface area contributed by atoms with Gasteiger partial charge in [-0.3, -0.25) is 14.5 Å². The quantitative estimate of drug-likeness (QED) is 0.359. The highest BCUT2D eigenvalue weighted by Gasteiger charge is 2.32. The number of carbonyl (C=O) groups is 2. The Balaban J connectivity index is 1.23. The molecule has 0 spiro atoms. The van der Waals surface area contributed by atoms with Gasteiger partial charge in [-0.2, -0.15) is 0 Å². The number of amides is 2. The van der Waals surface area contributed by atoms with E-state index in [1.807, 2.05) is 79.4 Å². The summed E-state index contributed by atoms with van der Waals surface area (Å²) in [5, 5.41) is 14.5. The smallest absolute Gasteiger partial charge is 0.265 e. The number of benzene rings is 2. The van der Waals surface area contributed by atoms with E-state index in [9.17, 15) is 9.59 Å². The Bertz CT molecular complexity index is 1420. The van der Waals surface area contributed by atoms with Crippen molar-refractivity contribution in [2.75, 3.05) is 22.6 Å². The number of fused-ring (bicyclic) bond motifs is 1. The van der Waals surface area contributed by atoms with Gasteiger partial charge in [-0.25, -0.2) is 4.98 Å². The summed E-state index contributed by atoms with van der Waals surface area (Å²) in [5.74, 6) is 1.10. The van der Waals surface area contributed by atoms with Crippen LogP contribution in [0.5, 0.6) is 5.75 Å². The average Bonchev–Trinajstić information content (AvgIpc) is 3.49. The molecule has 0 saturated heterocycles. The fourth-order valence-corrected chi connectivity index (χ4v) is 5.40. The molecule has 0 fully saturated rings. The number of rotatable bonds is 7. The van der Waals surface area contributed by atoms with E-state index in [2.05, 4.69) is 20.5 Å². The minimum absolute atomic E-state index is 0.0244. The predicted octanol–water partition coefficient (Wildman–Crippen LogP) is 4.46. The van der Waals surface area contributed by atoms with Gasteiger partial charge in [-0.05, 0) is 26.0 Å². The molecule has 0 unspecified atom stereocenters. The molecule has 2 aromatic heterocycles. The van der Waals surface area contributed by atoms with Gasteiger partial charge < -0.3 is 14.6 Å². The van der Waals surface area contributed by atoms with E-state index in [1.54, 1.807) is 4.90 Å². The Morgan fingerprint density at radius 3 is 2.78 bits per heavy atom. The maximum absolute atomic E-state index is 12.7. The number of thiazole rings is 1. The van der Waals surface area contributed by atoms with Crippen LogP contribution in [-0.4, -0.2) is 43.9 Å². The lowest BCUT2D eigenvalue weighted by Gasteiger charge is -2.33. The SMILES string of the molecule is Cc1ccc(-c2csc(NC(=O)CSc3nnc([C@@H](C)N4C(=O)COc5ccccc54)n3C)n2)cc1. The Morgan fingerprint density at radius 2 is 1.97 bits per heavy atom. The molecule has 1 N–H and O–H groups in total. The van der Waals surface area contributed by atoms with Crippen LogP contribution in [0.4, 0.5) is 10.8 Å². The van der Waals surface area contributed by atoms with Crippen LogP contribution in [0.3, 0.4) is 0 Å². The number of ether oxygens (including phenoxy) is 1. The molecule has 4 aromatic rings. The van der Waals surface area contributed by atoms with Crippen molar-refractivity contribution in [3.05, 3.63) is 65.3 Å². The van der Waals surface area contributed by atoms with Gasteiger partial charge in [-0.1, -0.05) is 53.7 Å². The lowest BCUT2D eigenvalue weighted by molar-refractivity contribution is -0.121. The molecule has 11 heteroatoms. The van der Waals surface area contributed by atoms with Crippen molar-refractivity contribution in [2.45, 2.75) is 25.0 Å². The summed E-state index contributed by atoms with van der Waals surface area (Å²) < 4.78 is 7.36. The second-order valence-electron chi connectivity index (χ2n) is 8.34. The van der Waals surface area contributed by atoms with Gasteiger partial charge in [0, 0.05) is 18.0 Å². The number of hydrogen-bond donors (Lipinski definition) is 1. The molecular weight excluding hydrogens is 496 g/mol. The third-order valence-electron chi connectivity index (χ3n) is 5.80. The standard InChI is InChI=1S/C25H24N6O3S2/c1-15-8-10-17(11-9-15)18-13-35-24(26-18)27-21(32)14-36-25-29-28-23(30(25)3)16(2)31-19-6-4-5-7-20(19)34-12-22(31)33/h4-11,13,16H,12,14H2,1-3H3,(H,26,27,32)/t16-/m1/s1. The van der Waals surface area contributed by atoms with Gasteiger partial charge >= 0.3 is 0 Å². The number of thioether (sulfide) groups is 1. The molecule has 1 atom stereocenters. The second kappa shape index (κ2) is 10.1. The second-order valence-corrected chi connectivity index (χ2v) is 10.1. The highest BCUT2D eigenvalue weighted by Crippen LogP contribution is 2.37. The molecular formula is C25H24N6O3S2. The zero-order valence-electron chi connectivity index (χ0n) is 20.0. The van der Waals surface area contributed by atoms with E-state index in [0.29, 0.717) is 27.5 Å². The number of aromatic nitrogens is 4. The first-order valence-corrected chi connectivity index (χ1v) is 13.2. The molecule has 0 bridgehead atoms. The molecule has 2 amide bonds. The van der Waals surface area contributed by atoms with Crippen molar-refractivity contribution in [2.24, 2.45) is 7.05 Å². The largest absolute Gasteiger partial charge is 0.482 e. The summed E-state index contributed by atoms with van der Waals surface area (Å²) in [6, 6.07) is 15.2. The summed E-state index contributed by atoms with van der Waals surface area (Å²) in [7, 11) is 1.83. The van der Waals surface area contributed by atoms with E-state index >= 15 is 0 Å². The Hall–Kier alpha value is -3.70. The van der Waals surface area contributed by atoms with Crippen molar-refractivity contribution in [1.29, 1.82) is 0 Å². The lowest BCUT2D eigenvalue weighted by Crippen LogP contribution is -2.41. The Labute approximate surface area is 216 Å². The van der Waals surface area contributed by atoms with E-state index in [0.717, 1.165) is 11.3 Å². The van der Waals surface area contributed by atoms with Crippen LogP contribution in [0.25, 0.3) is 11.3 Å². The number of nitrogens with one attached hydrogen (secondary N) is 1. The van der Waals surface area contributed by atoms with Gasteiger partial charge in [0.2, 0.25) is 5.91 Å². The van der Waals surface area contributed by atoms with Crippen molar-refractivity contribution in [3.63, 3.8) is 0 Å². The van der Waals surface area contributed by atoms with Gasteiger partial charge in [0.25, 0.3) is 5.91 Å². The third kappa shape index (κ3) is 4.84. The van der Waals surface area contributed by atoms with E-state index in [4.69, 9.17) is 4.74 Å². The number of anilines is 2. The number of aryl methyl sites for hydroxylation is 1. The topological polar surface area (TPSA) is 102 Å². The van der Waals surface area contributed by atoms with Crippen LogP contribution in [-0.2, 0) is 16.6 Å². The first-order valence-electron chi connectivity index (χ1n) is 11.3. The summed E-state index contributed by atoms with van der Waals surface area (Å²) in [4.78, 5) is 31.4. The zero-order valence-corrected chi connectivity index (χ0v) is 21.6. The summed E-state index contributed by atoms with van der Waals surface area (Å²) in [6.07, 6.45) is 0. The minimum Gasteiger partial charge on any atom is -0.482 e. The van der Waals surface area contributed by atoms with Crippen molar-refractivity contribution in [3.8, 4) is 17.0 Å². The van der Waals surface area contributed by atoms with Gasteiger partial charge in [-0.15, -0.1) is 21.5 Å². The molecule has 9 nitrogen and oxygen atoms in total. The van der Waals surface area contributed by atoms with Crippen molar-refractivity contribution in [1.82, 2.24) is 19.7 Å². The highest BCUT2D eigenvalue weighted by atomic mass is 32.2. The minimum atomic E-state index is -0.362. The van der Waals surface area contributed by atoms with Crippen LogP contribution >= 0.6 is 23.1 Å². The first-order chi connectivity index (χ1) is 17.4. The third-order valence-corrected chi connectivity index (χ3v) is 7.58. The maximum atomic E-state index is 12.7. The molecule has 0 aliphatic carbocycles. The molecule has 1 aliphatic heterocycles. The van der Waals surface area contributed by atoms with Crippen molar-refractivity contribution >= 4 is 45.7 Å². The van der Waals surface area contributed by atoms with Crippen LogP contribution < -0.4 is 15.0 Å². The monoisotopic (exact) mass is 520 g/mol. The van der Waals surface area contributed by atoms with Gasteiger partial charge in [0.15, 0.2) is 22.7 Å². The zero-order chi connectivity index (χ0) is 25.2. The fraction of sp³-hybridized carbons (Fsp3) is 0.240. The normalized spacial score (nSPS) is 13.8. The average molecular weight is 521 g/mol. The number of hydrogen-bond acceptors (Lipinski definition) is 8. The number of para-hydroxylation sites is 2. The number of carbonyl (C=O) groups excluding carboxylic acids is 2. The number of nitrogens with zero attached hydrogens (tertiary/aromatic N) is 5. The van der Waals surface area contributed by atoms with E-state index in [-0.39, 0.29) is 30.2 Å². The fourth-order valence-electron chi connectivity index (χ4n) is 3.95. The molecule has 1 aliphatic rings. The Kier molecular flexibility index (Phi) is 6.75. The maximum Gasteiger partial charge on any atom is 0.265 e. The molecule has 2 aromatic carbocycles. The summed E-state index contributed by atoms with van der Waals surface area (Å²) in [5.41, 5.74) is 3.72. The summed E-state index contributed by atoms with van der Waals surface area (Å²) in [6.45, 7) is 3.92. The van der Waals surface area contributed by atoms with Crippen molar-refractivity contribution < 1.29 is 14.3 Å². The van der Waals surface area contributed by atoms with E-state index < -0.39 is 0 Å². The molecule has 0 saturated carbocycles. The molecule has 184 valence electrons. The van der Waals surface area contributed by atoms with Crippen LogP contribution in [0.15, 0.2) is 59.1 Å². The predicted molar refractivity (Wildman–Crippen MR) is 140 cm³/mol. The van der Waals surface area contributed by atoms with E-state index in [1.165, 1.54) is 28.7 Å². The molecule has 36 heavy (non-hydrogen) atoms. The lowest BCUT2D eigenvalue weighted by atomic mass is 10.1. The van der Waals surface area contributed by atoms with Crippen LogP contribution in [0.1, 0.15) is 24.4 Å². The molecule has 5 rings (SSSR count). The van der Waals surface area contributed by atoms with Crippen LogP contribution in [0, 0.1) is 6.92 Å². The molecule has 3 heterocycles.